The van der Waals surface area contributed by atoms with Crippen molar-refractivity contribution in [3.63, 3.8) is 0 Å². The summed E-state index contributed by atoms with van der Waals surface area (Å²) in [5, 5.41) is 0.0976. The molecule has 0 saturated carbocycles. The van der Waals surface area contributed by atoms with Crippen LogP contribution >= 0.6 is 11.6 Å². The summed E-state index contributed by atoms with van der Waals surface area (Å²) in [6.45, 7) is 0. The maximum atomic E-state index is 11.3. The molecule has 15 heavy (non-hydrogen) atoms. The van der Waals surface area contributed by atoms with Gasteiger partial charge in [0.25, 0.3) is 0 Å². The number of esters is 1. The predicted molar refractivity (Wildman–Crippen MR) is 59.3 cm³/mol. The molecule has 3 heteroatoms. The Morgan fingerprint density at radius 1 is 1.53 bits per heavy atom. The number of benzene rings is 1. The Kier molecular flexibility index (Phi) is 2.96. The van der Waals surface area contributed by atoms with Crippen molar-refractivity contribution in [2.24, 2.45) is 0 Å². The maximum Gasteiger partial charge on any atom is 0.337 e. The predicted octanol–water partition coefficient (Wildman–Crippen LogP) is 3.09. The number of carbonyl (C=O) groups is 1. The third-order valence-electron chi connectivity index (χ3n) is 2.81. The van der Waals surface area contributed by atoms with Gasteiger partial charge >= 0.3 is 5.97 Å². The highest BCUT2D eigenvalue weighted by molar-refractivity contribution is 6.21. The van der Waals surface area contributed by atoms with Crippen LogP contribution in [-0.2, 0) is 11.2 Å². The minimum atomic E-state index is -0.283. The standard InChI is InChI=1S/C12H13ClO2/c1-15-12(14)9-5-6-10-8(7-9)3-2-4-11(10)13/h5-7,11H,2-4H2,1H3. The van der Waals surface area contributed by atoms with Gasteiger partial charge in [0.2, 0.25) is 0 Å². The van der Waals surface area contributed by atoms with Gasteiger partial charge in [0.05, 0.1) is 18.1 Å². The molecule has 1 unspecified atom stereocenters. The Hall–Kier alpha value is -1.02. The molecule has 0 spiro atoms. The lowest BCUT2D eigenvalue weighted by molar-refractivity contribution is 0.0600. The maximum absolute atomic E-state index is 11.3. The Bertz CT molecular complexity index is 387. The Balaban J connectivity index is 2.37. The molecule has 0 saturated heterocycles. The average molecular weight is 225 g/mol. The second kappa shape index (κ2) is 4.23. The molecule has 2 nitrogen and oxygen atoms in total. The topological polar surface area (TPSA) is 26.3 Å². The zero-order valence-electron chi connectivity index (χ0n) is 8.63. The summed E-state index contributed by atoms with van der Waals surface area (Å²) in [4.78, 5) is 11.3. The van der Waals surface area contributed by atoms with E-state index in [0.29, 0.717) is 5.56 Å². The highest BCUT2D eigenvalue weighted by atomic mass is 35.5. The number of hydrogen-bond acceptors (Lipinski definition) is 2. The first kappa shape index (κ1) is 10.5. The first-order valence-electron chi connectivity index (χ1n) is 5.07. The minimum absolute atomic E-state index is 0.0976. The van der Waals surface area contributed by atoms with Crippen molar-refractivity contribution < 1.29 is 9.53 Å². The van der Waals surface area contributed by atoms with E-state index in [1.807, 2.05) is 12.1 Å². The first-order chi connectivity index (χ1) is 7.22. The first-order valence-corrected chi connectivity index (χ1v) is 5.51. The smallest absolute Gasteiger partial charge is 0.337 e. The van der Waals surface area contributed by atoms with Crippen molar-refractivity contribution in [1.82, 2.24) is 0 Å². The molecular weight excluding hydrogens is 212 g/mol. The summed E-state index contributed by atoms with van der Waals surface area (Å²) in [5.74, 6) is -0.283. The van der Waals surface area contributed by atoms with E-state index in [1.165, 1.54) is 12.7 Å². The van der Waals surface area contributed by atoms with E-state index in [4.69, 9.17) is 11.6 Å². The highest BCUT2D eigenvalue weighted by Gasteiger charge is 2.19. The van der Waals surface area contributed by atoms with Gasteiger partial charge in [-0.3, -0.25) is 0 Å². The summed E-state index contributed by atoms with van der Waals surface area (Å²) in [6, 6.07) is 5.62. The van der Waals surface area contributed by atoms with Crippen molar-refractivity contribution in [3.05, 3.63) is 34.9 Å². The van der Waals surface area contributed by atoms with Gasteiger partial charge in [0.1, 0.15) is 0 Å². The van der Waals surface area contributed by atoms with Crippen LogP contribution < -0.4 is 0 Å². The molecule has 0 amide bonds. The molecule has 0 bridgehead atoms. The minimum Gasteiger partial charge on any atom is -0.465 e. The Morgan fingerprint density at radius 3 is 3.07 bits per heavy atom. The van der Waals surface area contributed by atoms with E-state index in [1.54, 1.807) is 6.07 Å². The van der Waals surface area contributed by atoms with Crippen LogP contribution in [0, 0.1) is 0 Å². The van der Waals surface area contributed by atoms with E-state index >= 15 is 0 Å². The number of methoxy groups -OCH3 is 1. The number of halogens is 1. The van der Waals surface area contributed by atoms with E-state index < -0.39 is 0 Å². The fraction of sp³-hybridized carbons (Fsp3) is 0.417. The molecular formula is C12H13ClO2. The van der Waals surface area contributed by atoms with Gasteiger partial charge in [-0.15, -0.1) is 11.6 Å². The van der Waals surface area contributed by atoms with Crippen molar-refractivity contribution in [2.75, 3.05) is 7.11 Å². The normalized spacial score (nSPS) is 19.5. The lowest BCUT2D eigenvalue weighted by Crippen LogP contribution is -2.08. The average Bonchev–Trinajstić information content (AvgIpc) is 2.28. The summed E-state index contributed by atoms with van der Waals surface area (Å²) < 4.78 is 4.68. The zero-order chi connectivity index (χ0) is 10.8. The van der Waals surface area contributed by atoms with Crippen LogP contribution in [0.25, 0.3) is 0 Å². The van der Waals surface area contributed by atoms with Crippen LogP contribution in [0.1, 0.15) is 39.7 Å². The van der Waals surface area contributed by atoms with E-state index in [0.717, 1.165) is 24.8 Å². The van der Waals surface area contributed by atoms with Gasteiger partial charge in [-0.05, 0) is 42.5 Å². The van der Waals surface area contributed by atoms with Crippen LogP contribution in [0.5, 0.6) is 0 Å². The summed E-state index contributed by atoms with van der Waals surface area (Å²) >= 11 is 6.20. The van der Waals surface area contributed by atoms with Crippen molar-refractivity contribution in [2.45, 2.75) is 24.6 Å². The molecule has 0 fully saturated rings. The second-order valence-corrected chi connectivity index (χ2v) is 4.29. The molecule has 1 aromatic rings. The number of aryl methyl sites for hydroxylation is 1. The summed E-state index contributed by atoms with van der Waals surface area (Å²) in [5.41, 5.74) is 2.96. The number of hydrogen-bond donors (Lipinski definition) is 0. The molecule has 0 aliphatic heterocycles. The van der Waals surface area contributed by atoms with Gasteiger partial charge in [0.15, 0.2) is 0 Å². The van der Waals surface area contributed by atoms with Crippen LogP contribution in [-0.4, -0.2) is 13.1 Å². The molecule has 0 heterocycles. The number of carbonyl (C=O) groups excluding carboxylic acids is 1. The number of fused-ring (bicyclic) bond motifs is 1. The van der Waals surface area contributed by atoms with Crippen molar-refractivity contribution in [3.8, 4) is 0 Å². The lowest BCUT2D eigenvalue weighted by atomic mass is 9.90. The Morgan fingerprint density at radius 2 is 2.33 bits per heavy atom. The van der Waals surface area contributed by atoms with Crippen LogP contribution in [0.2, 0.25) is 0 Å². The molecule has 1 aliphatic rings. The number of alkyl halides is 1. The van der Waals surface area contributed by atoms with Gasteiger partial charge in [-0.2, -0.15) is 0 Å². The zero-order valence-corrected chi connectivity index (χ0v) is 9.38. The van der Waals surface area contributed by atoms with Crippen molar-refractivity contribution >= 4 is 17.6 Å². The molecule has 1 aromatic carbocycles. The van der Waals surface area contributed by atoms with E-state index in [-0.39, 0.29) is 11.3 Å². The fourth-order valence-electron chi connectivity index (χ4n) is 2.00. The molecule has 2 rings (SSSR count). The molecule has 0 radical (unpaired) electrons. The SMILES string of the molecule is COC(=O)c1ccc2c(c1)CCCC2Cl. The fourth-order valence-corrected chi connectivity index (χ4v) is 2.37. The highest BCUT2D eigenvalue weighted by Crippen LogP contribution is 2.34. The summed E-state index contributed by atoms with van der Waals surface area (Å²) in [6.07, 6.45) is 3.11. The van der Waals surface area contributed by atoms with Crippen LogP contribution in [0.4, 0.5) is 0 Å². The van der Waals surface area contributed by atoms with E-state index in [2.05, 4.69) is 4.74 Å². The monoisotopic (exact) mass is 224 g/mol. The second-order valence-electron chi connectivity index (χ2n) is 3.76. The number of ether oxygens (including phenoxy) is 1. The lowest BCUT2D eigenvalue weighted by Gasteiger charge is -2.20. The third kappa shape index (κ3) is 2.00. The number of rotatable bonds is 1. The molecule has 1 atom stereocenters. The third-order valence-corrected chi connectivity index (χ3v) is 3.26. The molecule has 1 aliphatic carbocycles. The molecule has 0 aromatic heterocycles. The molecule has 80 valence electrons. The van der Waals surface area contributed by atoms with Gasteiger partial charge in [-0.25, -0.2) is 4.79 Å². The largest absolute Gasteiger partial charge is 0.465 e. The van der Waals surface area contributed by atoms with Crippen molar-refractivity contribution in [1.29, 1.82) is 0 Å². The van der Waals surface area contributed by atoms with Gasteiger partial charge in [-0.1, -0.05) is 6.07 Å². The molecule has 0 N–H and O–H groups in total. The van der Waals surface area contributed by atoms with Gasteiger partial charge in [0, 0.05) is 0 Å². The van der Waals surface area contributed by atoms with E-state index in [9.17, 15) is 4.79 Å². The summed E-state index contributed by atoms with van der Waals surface area (Å²) in [7, 11) is 1.39. The van der Waals surface area contributed by atoms with Crippen LogP contribution in [0.15, 0.2) is 18.2 Å². The Labute approximate surface area is 94.2 Å². The van der Waals surface area contributed by atoms with Crippen LogP contribution in [0.3, 0.4) is 0 Å². The van der Waals surface area contributed by atoms with Gasteiger partial charge < -0.3 is 4.74 Å². The quantitative estimate of drug-likeness (QED) is 0.541.